The van der Waals surface area contributed by atoms with Gasteiger partial charge in [-0.1, -0.05) is 0 Å². The van der Waals surface area contributed by atoms with E-state index in [4.69, 9.17) is 9.15 Å². The van der Waals surface area contributed by atoms with Gasteiger partial charge in [-0.05, 0) is 25.0 Å². The van der Waals surface area contributed by atoms with E-state index >= 15 is 0 Å². The minimum absolute atomic E-state index is 0.0997. The molecular weight excluding hydrogens is 316 g/mol. The summed E-state index contributed by atoms with van der Waals surface area (Å²) in [5, 5.41) is 3.90. The zero-order chi connectivity index (χ0) is 17.1. The fraction of sp³-hybridized carbons (Fsp3) is 0.467. The highest BCUT2D eigenvalue weighted by molar-refractivity contribution is 5.91. The molecule has 2 aromatic rings. The summed E-state index contributed by atoms with van der Waals surface area (Å²) < 4.78 is 11.5. The number of aromatic nitrogens is 3. The van der Waals surface area contributed by atoms with Crippen molar-refractivity contribution in [1.29, 1.82) is 0 Å². The van der Waals surface area contributed by atoms with Crippen LogP contribution in [0.25, 0.3) is 0 Å². The largest absolute Gasteiger partial charge is 0.459 e. The molecule has 1 aliphatic rings. The van der Waals surface area contributed by atoms with E-state index in [0.29, 0.717) is 19.4 Å². The number of amides is 1. The van der Waals surface area contributed by atoms with Gasteiger partial charge in [0.1, 0.15) is 0 Å². The number of nitrogens with one attached hydrogen (secondary N) is 1. The monoisotopic (exact) mass is 334 g/mol. The number of ether oxygens (including phenoxy) is 1. The van der Waals surface area contributed by atoms with Gasteiger partial charge < -0.3 is 14.1 Å². The average Bonchev–Trinajstić information content (AvgIpc) is 3.23. The van der Waals surface area contributed by atoms with Crippen molar-refractivity contribution >= 4 is 11.9 Å². The lowest BCUT2D eigenvalue weighted by Crippen LogP contribution is -2.42. The number of hydrogen-bond donors (Lipinski definition) is 1. The molecule has 9 nitrogen and oxygen atoms in total. The molecule has 1 fully saturated rings. The first kappa shape index (κ1) is 16.0. The van der Waals surface area contributed by atoms with E-state index in [2.05, 4.69) is 10.1 Å². The van der Waals surface area contributed by atoms with Crippen LogP contribution in [0.3, 0.4) is 0 Å². The van der Waals surface area contributed by atoms with Crippen LogP contribution >= 0.6 is 0 Å². The van der Waals surface area contributed by atoms with Crippen LogP contribution in [0.2, 0.25) is 0 Å². The summed E-state index contributed by atoms with van der Waals surface area (Å²) in [4.78, 5) is 39.8. The van der Waals surface area contributed by atoms with Crippen LogP contribution in [0.5, 0.6) is 0 Å². The number of aromatic amines is 1. The van der Waals surface area contributed by atoms with Gasteiger partial charge in [0.05, 0.1) is 12.2 Å². The van der Waals surface area contributed by atoms with Crippen molar-refractivity contribution in [2.24, 2.45) is 13.0 Å². The molecule has 24 heavy (non-hydrogen) atoms. The average molecular weight is 334 g/mol. The summed E-state index contributed by atoms with van der Waals surface area (Å²) in [6.45, 7) is 0.769. The quantitative estimate of drug-likeness (QED) is 0.805. The topological polar surface area (TPSA) is 110 Å². The molecular formula is C15H18N4O5. The second-order valence-corrected chi connectivity index (χ2v) is 5.68. The van der Waals surface area contributed by atoms with Gasteiger partial charge >= 0.3 is 11.7 Å². The predicted molar refractivity (Wildman–Crippen MR) is 81.0 cm³/mol. The van der Waals surface area contributed by atoms with E-state index in [1.165, 1.54) is 13.3 Å². The maximum Gasteiger partial charge on any atom is 0.343 e. The van der Waals surface area contributed by atoms with Crippen LogP contribution < -0.4 is 5.69 Å². The van der Waals surface area contributed by atoms with Crippen molar-refractivity contribution < 1.29 is 18.7 Å². The molecule has 9 heteroatoms. The molecule has 1 saturated heterocycles. The fourth-order valence-electron chi connectivity index (χ4n) is 2.69. The van der Waals surface area contributed by atoms with E-state index in [1.54, 1.807) is 17.0 Å². The highest BCUT2D eigenvalue weighted by Crippen LogP contribution is 2.20. The Balaban J connectivity index is 1.56. The van der Waals surface area contributed by atoms with Gasteiger partial charge in [-0.2, -0.15) is 5.10 Å². The number of H-pyrrole nitrogens is 1. The van der Waals surface area contributed by atoms with E-state index < -0.39 is 11.9 Å². The SMILES string of the molecule is Cn1nc(COC(=O)C2CCCN(C(=O)c3ccco3)C2)[nH]c1=O. The molecule has 0 bridgehead atoms. The van der Waals surface area contributed by atoms with Gasteiger partial charge in [0.2, 0.25) is 0 Å². The van der Waals surface area contributed by atoms with Gasteiger partial charge in [0.25, 0.3) is 5.91 Å². The summed E-state index contributed by atoms with van der Waals surface area (Å²) in [5.74, 6) is -0.483. The zero-order valence-corrected chi connectivity index (χ0v) is 13.2. The molecule has 1 N–H and O–H groups in total. The van der Waals surface area contributed by atoms with E-state index in [-0.39, 0.29) is 36.3 Å². The molecule has 1 unspecified atom stereocenters. The van der Waals surface area contributed by atoms with E-state index in [1.807, 2.05) is 0 Å². The van der Waals surface area contributed by atoms with Crippen LogP contribution in [0.15, 0.2) is 27.6 Å². The van der Waals surface area contributed by atoms with Crippen LogP contribution in [0.4, 0.5) is 0 Å². The molecule has 0 radical (unpaired) electrons. The fourth-order valence-corrected chi connectivity index (χ4v) is 2.69. The van der Waals surface area contributed by atoms with Crippen molar-refractivity contribution in [2.75, 3.05) is 13.1 Å². The highest BCUT2D eigenvalue weighted by Gasteiger charge is 2.31. The van der Waals surface area contributed by atoms with Crippen LogP contribution in [0.1, 0.15) is 29.2 Å². The Morgan fingerprint density at radius 2 is 2.33 bits per heavy atom. The van der Waals surface area contributed by atoms with Gasteiger partial charge in [0, 0.05) is 20.1 Å². The Morgan fingerprint density at radius 3 is 3.00 bits per heavy atom. The number of esters is 1. The summed E-state index contributed by atoms with van der Waals surface area (Å²) in [5.41, 5.74) is -0.367. The number of carbonyl (C=O) groups is 2. The molecule has 0 aliphatic carbocycles. The first-order chi connectivity index (χ1) is 11.5. The molecule has 2 aromatic heterocycles. The minimum Gasteiger partial charge on any atom is -0.459 e. The molecule has 0 spiro atoms. The Hall–Kier alpha value is -2.84. The number of piperidine rings is 1. The second-order valence-electron chi connectivity index (χ2n) is 5.68. The van der Waals surface area contributed by atoms with Crippen molar-refractivity contribution in [3.63, 3.8) is 0 Å². The van der Waals surface area contributed by atoms with Crippen molar-refractivity contribution in [3.8, 4) is 0 Å². The normalized spacial score (nSPS) is 17.7. The third kappa shape index (κ3) is 3.39. The Kier molecular flexibility index (Phi) is 4.50. The van der Waals surface area contributed by atoms with Gasteiger partial charge in [-0.3, -0.25) is 14.6 Å². The number of nitrogens with zero attached hydrogens (tertiary/aromatic N) is 3. The van der Waals surface area contributed by atoms with Crippen molar-refractivity contribution in [1.82, 2.24) is 19.7 Å². The van der Waals surface area contributed by atoms with Crippen LogP contribution in [0, 0.1) is 5.92 Å². The predicted octanol–water partition coefficient (Wildman–Crippen LogP) is 0.297. The Labute approximate surface area is 137 Å². The Bertz CT molecular complexity index is 776. The van der Waals surface area contributed by atoms with Crippen LogP contribution in [-0.4, -0.2) is 44.6 Å². The van der Waals surface area contributed by atoms with Gasteiger partial charge in [-0.15, -0.1) is 0 Å². The molecule has 1 atom stereocenters. The second kappa shape index (κ2) is 6.73. The van der Waals surface area contributed by atoms with E-state index in [9.17, 15) is 14.4 Å². The lowest BCUT2D eigenvalue weighted by Gasteiger charge is -2.30. The van der Waals surface area contributed by atoms with Gasteiger partial charge in [0.15, 0.2) is 18.2 Å². The zero-order valence-electron chi connectivity index (χ0n) is 13.2. The molecule has 3 heterocycles. The third-order valence-corrected chi connectivity index (χ3v) is 3.94. The number of likely N-dealkylation sites (tertiary alicyclic amines) is 1. The van der Waals surface area contributed by atoms with Crippen molar-refractivity contribution in [3.05, 3.63) is 40.5 Å². The first-order valence-electron chi connectivity index (χ1n) is 7.66. The maximum absolute atomic E-state index is 12.3. The number of furan rings is 1. The molecule has 0 aromatic carbocycles. The molecule has 3 rings (SSSR count). The standard InChI is InChI=1S/C15H18N4O5/c1-18-15(22)16-12(17-18)9-24-14(21)10-4-2-6-19(8-10)13(20)11-5-3-7-23-11/h3,5,7,10H,2,4,6,8-9H2,1H3,(H,16,17,22). The molecule has 128 valence electrons. The number of rotatable bonds is 4. The summed E-state index contributed by atoms with van der Waals surface area (Å²) >= 11 is 0. The number of aryl methyl sites for hydroxylation is 1. The van der Waals surface area contributed by atoms with Gasteiger partial charge in [-0.25, -0.2) is 9.48 Å². The Morgan fingerprint density at radius 1 is 1.50 bits per heavy atom. The highest BCUT2D eigenvalue weighted by atomic mass is 16.5. The number of hydrogen-bond acceptors (Lipinski definition) is 6. The summed E-state index contributed by atoms with van der Waals surface area (Å²) in [7, 11) is 1.50. The summed E-state index contributed by atoms with van der Waals surface area (Å²) in [6, 6.07) is 3.25. The minimum atomic E-state index is -0.404. The molecule has 0 saturated carbocycles. The third-order valence-electron chi connectivity index (χ3n) is 3.94. The summed E-state index contributed by atoms with van der Waals surface area (Å²) in [6.07, 6.45) is 2.81. The van der Waals surface area contributed by atoms with Crippen LogP contribution in [-0.2, 0) is 23.2 Å². The van der Waals surface area contributed by atoms with Crippen molar-refractivity contribution in [2.45, 2.75) is 19.4 Å². The number of carbonyl (C=O) groups excluding carboxylic acids is 2. The molecule has 1 aliphatic heterocycles. The smallest absolute Gasteiger partial charge is 0.343 e. The maximum atomic E-state index is 12.3. The van der Waals surface area contributed by atoms with E-state index in [0.717, 1.165) is 4.68 Å². The lowest BCUT2D eigenvalue weighted by atomic mass is 9.98. The molecule has 1 amide bonds. The first-order valence-corrected chi connectivity index (χ1v) is 7.66. The lowest BCUT2D eigenvalue weighted by molar-refractivity contribution is -0.151.